The number of nitrogens with one attached hydrogen (secondary N) is 2. The van der Waals surface area contributed by atoms with Gasteiger partial charge in [-0.3, -0.25) is 25.4 Å². The number of hydrogen-bond donors (Lipinski definition) is 2. The largest absolute Gasteiger partial charge is 0.422 e. The molecule has 3 rings (SSSR count). The fourth-order valence-corrected chi connectivity index (χ4v) is 1.97. The quantitative estimate of drug-likeness (QED) is 0.548. The van der Waals surface area contributed by atoms with Gasteiger partial charge in [0.25, 0.3) is 11.8 Å². The van der Waals surface area contributed by atoms with Crippen LogP contribution in [0.5, 0.6) is 0 Å². The smallest absolute Gasteiger partial charge is 0.349 e. The standard InChI is InChI=1S/C16H11N3O4/c20-14(11-5-3-7-17-9-11)18-19-15(21)12-8-10-4-1-2-6-13(10)23-16(12)22/h1-9H,(H,18,20)(H,19,21). The summed E-state index contributed by atoms with van der Waals surface area (Å²) in [4.78, 5) is 39.5. The third kappa shape index (κ3) is 3.08. The summed E-state index contributed by atoms with van der Waals surface area (Å²) in [6, 6.07) is 11.4. The number of pyridine rings is 1. The molecule has 0 bridgehead atoms. The molecule has 0 aliphatic carbocycles. The molecule has 7 nitrogen and oxygen atoms in total. The lowest BCUT2D eigenvalue weighted by Crippen LogP contribution is -2.43. The highest BCUT2D eigenvalue weighted by Crippen LogP contribution is 2.12. The number of fused-ring (bicyclic) bond motifs is 1. The summed E-state index contributed by atoms with van der Waals surface area (Å²) >= 11 is 0. The van der Waals surface area contributed by atoms with E-state index in [0.717, 1.165) is 0 Å². The summed E-state index contributed by atoms with van der Waals surface area (Å²) in [7, 11) is 0. The zero-order valence-corrected chi connectivity index (χ0v) is 11.8. The highest BCUT2D eigenvalue weighted by molar-refractivity contribution is 6.00. The van der Waals surface area contributed by atoms with Crippen molar-refractivity contribution in [3.63, 3.8) is 0 Å². The third-order valence-electron chi connectivity index (χ3n) is 3.10. The Hall–Kier alpha value is -3.48. The van der Waals surface area contributed by atoms with E-state index in [1.54, 1.807) is 36.4 Å². The molecule has 0 saturated carbocycles. The maximum Gasteiger partial charge on any atom is 0.349 e. The van der Waals surface area contributed by atoms with Crippen LogP contribution in [0.15, 0.2) is 64.1 Å². The van der Waals surface area contributed by atoms with Crippen molar-refractivity contribution in [2.45, 2.75) is 0 Å². The molecule has 0 spiro atoms. The van der Waals surface area contributed by atoms with Crippen molar-refractivity contribution in [3.05, 3.63) is 76.4 Å². The van der Waals surface area contributed by atoms with Crippen LogP contribution >= 0.6 is 0 Å². The maximum absolute atomic E-state index is 12.0. The predicted octanol–water partition coefficient (Wildman–Crippen LogP) is 1.26. The zero-order chi connectivity index (χ0) is 16.2. The van der Waals surface area contributed by atoms with Crippen LogP contribution in [-0.4, -0.2) is 16.8 Å². The first-order valence-electron chi connectivity index (χ1n) is 6.69. The molecule has 1 aromatic carbocycles. The normalized spacial score (nSPS) is 10.3. The van der Waals surface area contributed by atoms with Crippen molar-refractivity contribution < 1.29 is 14.0 Å². The Labute approximate surface area is 129 Å². The molecule has 0 radical (unpaired) electrons. The Bertz CT molecular complexity index is 935. The van der Waals surface area contributed by atoms with Crippen LogP contribution in [0.3, 0.4) is 0 Å². The van der Waals surface area contributed by atoms with E-state index in [-0.39, 0.29) is 11.1 Å². The molecule has 0 fully saturated rings. The van der Waals surface area contributed by atoms with E-state index in [4.69, 9.17) is 4.42 Å². The number of hydrogen-bond acceptors (Lipinski definition) is 5. The Morgan fingerprint density at radius 1 is 1.00 bits per heavy atom. The fourth-order valence-electron chi connectivity index (χ4n) is 1.97. The summed E-state index contributed by atoms with van der Waals surface area (Å²) in [5.74, 6) is -1.31. The average Bonchev–Trinajstić information content (AvgIpc) is 2.59. The Balaban J connectivity index is 1.77. The first-order chi connectivity index (χ1) is 11.1. The lowest BCUT2D eigenvalue weighted by Gasteiger charge is -2.07. The van der Waals surface area contributed by atoms with E-state index in [9.17, 15) is 14.4 Å². The molecule has 23 heavy (non-hydrogen) atoms. The molecule has 7 heteroatoms. The lowest BCUT2D eigenvalue weighted by molar-refractivity contribution is 0.0844. The molecular weight excluding hydrogens is 298 g/mol. The summed E-state index contributed by atoms with van der Waals surface area (Å²) < 4.78 is 5.07. The minimum Gasteiger partial charge on any atom is -0.422 e. The minimum atomic E-state index is -0.781. The summed E-state index contributed by atoms with van der Waals surface area (Å²) in [6.45, 7) is 0. The number of benzene rings is 1. The first-order valence-corrected chi connectivity index (χ1v) is 6.69. The third-order valence-corrected chi connectivity index (χ3v) is 3.10. The SMILES string of the molecule is O=C(NNC(=O)c1cc2ccccc2oc1=O)c1cccnc1. The van der Waals surface area contributed by atoms with Crippen LogP contribution in [0.1, 0.15) is 20.7 Å². The molecule has 2 heterocycles. The van der Waals surface area contributed by atoms with Gasteiger partial charge in [-0.25, -0.2) is 4.79 Å². The number of para-hydroxylation sites is 1. The number of carbonyl (C=O) groups excluding carboxylic acids is 2. The van der Waals surface area contributed by atoms with Crippen molar-refractivity contribution in [2.75, 3.05) is 0 Å². The van der Waals surface area contributed by atoms with Gasteiger partial charge in [-0.05, 0) is 24.3 Å². The van der Waals surface area contributed by atoms with E-state index < -0.39 is 17.4 Å². The molecule has 0 atom stereocenters. The highest BCUT2D eigenvalue weighted by Gasteiger charge is 2.14. The Kier molecular flexibility index (Phi) is 3.84. The van der Waals surface area contributed by atoms with Gasteiger partial charge < -0.3 is 4.42 Å². The minimum absolute atomic E-state index is 0.199. The first kappa shape index (κ1) is 14.5. The van der Waals surface area contributed by atoms with Crippen molar-refractivity contribution in [3.8, 4) is 0 Å². The number of rotatable bonds is 2. The number of aromatic nitrogens is 1. The molecule has 2 aromatic heterocycles. The van der Waals surface area contributed by atoms with E-state index in [1.165, 1.54) is 18.5 Å². The van der Waals surface area contributed by atoms with Gasteiger partial charge in [-0.15, -0.1) is 0 Å². The van der Waals surface area contributed by atoms with Gasteiger partial charge >= 0.3 is 5.63 Å². The van der Waals surface area contributed by atoms with E-state index in [0.29, 0.717) is 11.0 Å². The van der Waals surface area contributed by atoms with Crippen LogP contribution in [0.25, 0.3) is 11.0 Å². The van der Waals surface area contributed by atoms with Crippen molar-refractivity contribution in [1.82, 2.24) is 15.8 Å². The highest BCUT2D eigenvalue weighted by atomic mass is 16.4. The summed E-state index contributed by atoms with van der Waals surface area (Å²) in [5.41, 5.74) is 4.07. The summed E-state index contributed by atoms with van der Waals surface area (Å²) in [6.07, 6.45) is 2.88. The molecule has 114 valence electrons. The monoisotopic (exact) mass is 309 g/mol. The van der Waals surface area contributed by atoms with Gasteiger partial charge in [-0.1, -0.05) is 18.2 Å². The van der Waals surface area contributed by atoms with Crippen LogP contribution in [0.2, 0.25) is 0 Å². The van der Waals surface area contributed by atoms with E-state index in [2.05, 4.69) is 15.8 Å². The summed E-state index contributed by atoms with van der Waals surface area (Å²) in [5, 5.41) is 0.607. The Morgan fingerprint density at radius 3 is 2.57 bits per heavy atom. The molecule has 0 aliphatic rings. The fraction of sp³-hybridized carbons (Fsp3) is 0. The van der Waals surface area contributed by atoms with Crippen LogP contribution < -0.4 is 16.5 Å². The second kappa shape index (κ2) is 6.10. The second-order valence-corrected chi connectivity index (χ2v) is 4.64. The average molecular weight is 309 g/mol. The van der Waals surface area contributed by atoms with Crippen molar-refractivity contribution in [2.24, 2.45) is 0 Å². The molecule has 0 aliphatic heterocycles. The van der Waals surface area contributed by atoms with E-state index >= 15 is 0 Å². The Morgan fingerprint density at radius 2 is 1.78 bits per heavy atom. The van der Waals surface area contributed by atoms with Crippen molar-refractivity contribution in [1.29, 1.82) is 0 Å². The molecule has 0 unspecified atom stereocenters. The van der Waals surface area contributed by atoms with E-state index in [1.807, 2.05) is 0 Å². The van der Waals surface area contributed by atoms with Gasteiger partial charge in [0, 0.05) is 17.8 Å². The molecule has 2 N–H and O–H groups in total. The van der Waals surface area contributed by atoms with Gasteiger partial charge in [0.1, 0.15) is 11.1 Å². The van der Waals surface area contributed by atoms with Crippen molar-refractivity contribution >= 4 is 22.8 Å². The lowest BCUT2D eigenvalue weighted by atomic mass is 10.2. The predicted molar refractivity (Wildman–Crippen MR) is 81.7 cm³/mol. The maximum atomic E-state index is 12.0. The topological polar surface area (TPSA) is 101 Å². The molecular formula is C16H11N3O4. The number of hydrazine groups is 1. The number of nitrogens with zero attached hydrogens (tertiary/aromatic N) is 1. The molecule has 2 amide bonds. The zero-order valence-electron chi connectivity index (χ0n) is 11.8. The van der Waals surface area contributed by atoms with Gasteiger partial charge in [-0.2, -0.15) is 0 Å². The second-order valence-electron chi connectivity index (χ2n) is 4.64. The number of amides is 2. The van der Waals surface area contributed by atoms with Crippen LogP contribution in [-0.2, 0) is 0 Å². The molecule has 0 saturated heterocycles. The van der Waals surface area contributed by atoms with Gasteiger partial charge in [0.2, 0.25) is 0 Å². The van der Waals surface area contributed by atoms with Gasteiger partial charge in [0.05, 0.1) is 5.56 Å². The molecule has 3 aromatic rings. The van der Waals surface area contributed by atoms with Crippen LogP contribution in [0, 0.1) is 0 Å². The van der Waals surface area contributed by atoms with Gasteiger partial charge in [0.15, 0.2) is 0 Å². The number of carbonyl (C=O) groups is 2. The van der Waals surface area contributed by atoms with Crippen LogP contribution in [0.4, 0.5) is 0 Å².